The van der Waals surface area contributed by atoms with Crippen molar-refractivity contribution in [1.82, 2.24) is 0 Å². The molecule has 8 rings (SSSR count). The summed E-state index contributed by atoms with van der Waals surface area (Å²) >= 11 is -2.04. The van der Waals surface area contributed by atoms with E-state index in [9.17, 15) is 0 Å². The van der Waals surface area contributed by atoms with E-state index in [0.717, 1.165) is 12.8 Å². The van der Waals surface area contributed by atoms with Crippen LogP contribution in [0.4, 0.5) is 0 Å². The van der Waals surface area contributed by atoms with Crippen LogP contribution in [-0.4, -0.2) is 14.3 Å². The summed E-state index contributed by atoms with van der Waals surface area (Å²) in [6.07, 6.45) is 2.15. The normalized spacial score (nSPS) is 15.2. The summed E-state index contributed by atoms with van der Waals surface area (Å²) in [5, 5.41) is 0. The number of fused-ring (bicyclic) bond motifs is 6. The van der Waals surface area contributed by atoms with Gasteiger partial charge in [-0.1, -0.05) is 20.8 Å². The summed E-state index contributed by atoms with van der Waals surface area (Å²) in [5.74, 6) is 0. The van der Waals surface area contributed by atoms with E-state index >= 15 is 0 Å². The van der Waals surface area contributed by atoms with Gasteiger partial charge < -0.3 is 0 Å². The van der Waals surface area contributed by atoms with Gasteiger partial charge in [0.2, 0.25) is 0 Å². The molecule has 0 atom stereocenters. The molecule has 0 nitrogen and oxygen atoms in total. The number of rotatable bonds is 6. The van der Waals surface area contributed by atoms with Crippen LogP contribution in [0.1, 0.15) is 115 Å². The molecule has 0 bridgehead atoms. The van der Waals surface area contributed by atoms with Crippen LogP contribution in [0.15, 0.2) is 127 Å². The fraction of sp³-hybridized carbons (Fsp3) is 0.308. The first-order valence-corrected chi connectivity index (χ1v) is 23.0. The minimum atomic E-state index is -2.04. The first-order chi connectivity index (χ1) is 25.2. The molecule has 53 heavy (non-hydrogen) atoms. The standard InChI is InChI=1S/C52H55Ge/c1-11-52(12-2)45-29-34(43-30-36(50(6,7)8)32-47-48(43)42-27-24-35(49(3,4)5)31-44(42)51(47,9)10)23-26-40(45)41-28-25-39(33-46(41)52)53(37-19-15-13-16-20-37)38-21-17-14-18-22-38/h13-33H,11-12H2,1-10H3. The van der Waals surface area contributed by atoms with Crippen LogP contribution in [0.2, 0.25) is 0 Å². The first kappa shape index (κ1) is 35.9. The summed E-state index contributed by atoms with van der Waals surface area (Å²) < 4.78 is 4.53. The quantitative estimate of drug-likeness (QED) is 0.149. The molecule has 0 unspecified atom stereocenters. The van der Waals surface area contributed by atoms with Gasteiger partial charge in [-0.3, -0.25) is 0 Å². The van der Waals surface area contributed by atoms with Gasteiger partial charge >= 0.3 is 294 Å². The Morgan fingerprint density at radius 1 is 0.453 bits per heavy atom. The summed E-state index contributed by atoms with van der Waals surface area (Å²) in [6, 6.07) is 50.0. The topological polar surface area (TPSA) is 0 Å². The van der Waals surface area contributed by atoms with E-state index in [1.165, 1.54) is 79.9 Å². The van der Waals surface area contributed by atoms with Gasteiger partial charge in [-0.25, -0.2) is 0 Å². The summed E-state index contributed by atoms with van der Waals surface area (Å²) in [7, 11) is 0. The van der Waals surface area contributed by atoms with Crippen molar-refractivity contribution >= 4 is 27.5 Å². The van der Waals surface area contributed by atoms with E-state index in [0.29, 0.717) is 0 Å². The van der Waals surface area contributed by atoms with Crippen molar-refractivity contribution in [3.63, 3.8) is 0 Å². The summed E-state index contributed by atoms with van der Waals surface area (Å²) in [5.41, 5.74) is 17.2. The molecule has 0 aromatic heterocycles. The van der Waals surface area contributed by atoms with Gasteiger partial charge in [0.05, 0.1) is 0 Å². The van der Waals surface area contributed by atoms with E-state index in [2.05, 4.69) is 197 Å². The third kappa shape index (κ3) is 5.70. The van der Waals surface area contributed by atoms with Crippen LogP contribution >= 0.6 is 0 Å². The van der Waals surface area contributed by atoms with Crippen molar-refractivity contribution in [2.45, 2.75) is 104 Å². The van der Waals surface area contributed by atoms with Crippen molar-refractivity contribution in [1.29, 1.82) is 0 Å². The molecule has 0 amide bonds. The van der Waals surface area contributed by atoms with Gasteiger partial charge in [-0.15, -0.1) is 0 Å². The molecule has 0 fully saturated rings. The Hall–Kier alpha value is -4.14. The van der Waals surface area contributed by atoms with Crippen molar-refractivity contribution in [2.24, 2.45) is 0 Å². The van der Waals surface area contributed by atoms with E-state index < -0.39 is 14.3 Å². The van der Waals surface area contributed by atoms with Crippen molar-refractivity contribution < 1.29 is 0 Å². The van der Waals surface area contributed by atoms with E-state index in [1.54, 1.807) is 0 Å². The molecule has 0 heterocycles. The molecule has 1 heteroatoms. The maximum atomic E-state index is 2.64. The Labute approximate surface area is 323 Å². The Bertz CT molecular complexity index is 2300. The SMILES string of the molecule is CCC1(CC)c2cc(-c3cc(C(C)(C)C)cc4c3-c3ccc(C(C)(C)C)cc3C4(C)C)ccc2-c2cc[c]([Ge]([c]3ccccc3)[c]3ccccc3)cc21. The predicted molar refractivity (Wildman–Crippen MR) is 231 cm³/mol. The molecule has 0 spiro atoms. The van der Waals surface area contributed by atoms with Gasteiger partial charge in [0.25, 0.3) is 0 Å². The van der Waals surface area contributed by atoms with Crippen LogP contribution in [-0.2, 0) is 21.7 Å². The van der Waals surface area contributed by atoms with Gasteiger partial charge in [0, 0.05) is 0 Å². The van der Waals surface area contributed by atoms with Crippen LogP contribution in [0.5, 0.6) is 0 Å². The van der Waals surface area contributed by atoms with Crippen LogP contribution < -0.4 is 13.2 Å². The zero-order valence-electron chi connectivity index (χ0n) is 33.5. The second-order valence-electron chi connectivity index (χ2n) is 18.2. The second kappa shape index (κ2) is 12.7. The average molecular weight is 753 g/mol. The van der Waals surface area contributed by atoms with Crippen LogP contribution in [0.3, 0.4) is 0 Å². The average Bonchev–Trinajstić information content (AvgIpc) is 3.55. The maximum absolute atomic E-state index is 2.64. The molecule has 0 saturated carbocycles. The molecule has 0 N–H and O–H groups in total. The Morgan fingerprint density at radius 3 is 1.55 bits per heavy atom. The zero-order chi connectivity index (χ0) is 37.5. The van der Waals surface area contributed by atoms with Crippen molar-refractivity contribution in [2.75, 3.05) is 0 Å². The Kier molecular flexibility index (Phi) is 8.62. The van der Waals surface area contributed by atoms with E-state index in [1.807, 2.05) is 0 Å². The van der Waals surface area contributed by atoms with E-state index in [4.69, 9.17) is 0 Å². The van der Waals surface area contributed by atoms with E-state index in [-0.39, 0.29) is 21.7 Å². The molecular weight excluding hydrogens is 697 g/mol. The fourth-order valence-electron chi connectivity index (χ4n) is 9.52. The molecule has 2 aliphatic rings. The third-order valence-corrected chi connectivity index (χ3v) is 18.5. The van der Waals surface area contributed by atoms with Gasteiger partial charge in [0.1, 0.15) is 0 Å². The summed E-state index contributed by atoms with van der Waals surface area (Å²) in [4.78, 5) is 0. The predicted octanol–water partition coefficient (Wildman–Crippen LogP) is 11.9. The van der Waals surface area contributed by atoms with Gasteiger partial charge in [-0.05, 0) is 11.0 Å². The molecule has 6 aromatic carbocycles. The fourth-order valence-corrected chi connectivity index (χ4v) is 15.0. The van der Waals surface area contributed by atoms with Gasteiger partial charge in [-0.2, -0.15) is 0 Å². The molecule has 267 valence electrons. The molecule has 0 aliphatic heterocycles. The van der Waals surface area contributed by atoms with Crippen LogP contribution in [0.25, 0.3) is 33.4 Å². The summed E-state index contributed by atoms with van der Waals surface area (Å²) in [6.45, 7) is 23.8. The van der Waals surface area contributed by atoms with Crippen molar-refractivity contribution in [3.8, 4) is 33.4 Å². The molecular formula is C52H55Ge. The molecule has 1 radical (unpaired) electrons. The Morgan fingerprint density at radius 2 is 0.981 bits per heavy atom. The monoisotopic (exact) mass is 753 g/mol. The Balaban J connectivity index is 1.32. The van der Waals surface area contributed by atoms with Crippen molar-refractivity contribution in [3.05, 3.63) is 161 Å². The number of hydrogen-bond donors (Lipinski definition) is 0. The molecule has 2 aliphatic carbocycles. The zero-order valence-corrected chi connectivity index (χ0v) is 35.6. The molecule has 6 aromatic rings. The second-order valence-corrected chi connectivity index (χ2v) is 23.5. The van der Waals surface area contributed by atoms with Gasteiger partial charge in [0.15, 0.2) is 0 Å². The van der Waals surface area contributed by atoms with Crippen LogP contribution in [0, 0.1) is 0 Å². The first-order valence-electron chi connectivity index (χ1n) is 19.8. The molecule has 0 saturated heterocycles. The minimum absolute atomic E-state index is 0.0307. The number of benzene rings is 6. The third-order valence-electron chi connectivity index (χ3n) is 12.8. The number of hydrogen-bond acceptors (Lipinski definition) is 0.